The van der Waals surface area contributed by atoms with Crippen LogP contribution in [0.2, 0.25) is 0 Å². The number of rotatable bonds is 5. The smallest absolute Gasteiger partial charge is 0.269 e. The Balaban J connectivity index is 2.07. The number of hydrogen-bond donors (Lipinski definition) is 1. The van der Waals surface area contributed by atoms with Crippen molar-refractivity contribution in [1.29, 1.82) is 0 Å². The second-order valence-electron chi connectivity index (χ2n) is 4.13. The van der Waals surface area contributed by atoms with Crippen LogP contribution in [0.4, 0.5) is 11.5 Å². The second-order valence-corrected chi connectivity index (χ2v) is 4.13. The maximum absolute atomic E-state index is 10.6. The number of hydrogen-bond acceptors (Lipinski definition) is 6. The van der Waals surface area contributed by atoms with Crippen molar-refractivity contribution in [3.8, 4) is 5.88 Å². The lowest BCUT2D eigenvalue weighted by Crippen LogP contribution is -2.05. The maximum atomic E-state index is 10.6. The molecule has 0 atom stereocenters. The molecule has 1 aromatic heterocycles. The highest BCUT2D eigenvalue weighted by Crippen LogP contribution is 2.20. The topological polar surface area (TPSA) is 90.2 Å². The number of nitro benzene ring substituents is 1. The predicted molar refractivity (Wildman–Crippen MR) is 73.7 cm³/mol. The largest absolute Gasteiger partial charge is 0.481 e. The number of anilines is 1. The minimum absolute atomic E-state index is 0.0774. The Morgan fingerprint density at radius 1 is 1.30 bits per heavy atom. The predicted octanol–water partition coefficient (Wildman–Crippen LogP) is 2.31. The quantitative estimate of drug-likeness (QED) is 0.664. The molecule has 0 aliphatic carbocycles. The molecule has 7 nitrogen and oxygen atoms in total. The first-order valence-electron chi connectivity index (χ1n) is 5.94. The molecule has 0 radical (unpaired) electrons. The highest BCUT2D eigenvalue weighted by molar-refractivity contribution is 5.48. The Bertz CT molecular complexity index is 614. The molecular weight excluding hydrogens is 260 g/mol. The van der Waals surface area contributed by atoms with E-state index in [1.54, 1.807) is 19.2 Å². The molecule has 0 fully saturated rings. The molecule has 0 saturated carbocycles. The van der Waals surface area contributed by atoms with E-state index in [-0.39, 0.29) is 5.69 Å². The first kappa shape index (κ1) is 13.7. The molecule has 2 aromatic rings. The van der Waals surface area contributed by atoms with E-state index < -0.39 is 4.92 Å². The van der Waals surface area contributed by atoms with Crippen LogP contribution in [0.1, 0.15) is 11.1 Å². The SMILES string of the molecule is COc1ncnc(NCc2ccc([N+](=O)[O-])cc2)c1C. The van der Waals surface area contributed by atoms with Crippen LogP contribution in [0, 0.1) is 17.0 Å². The van der Waals surface area contributed by atoms with Crippen LogP contribution >= 0.6 is 0 Å². The van der Waals surface area contributed by atoms with Crippen molar-refractivity contribution in [2.75, 3.05) is 12.4 Å². The van der Waals surface area contributed by atoms with Crippen LogP contribution in [0.5, 0.6) is 5.88 Å². The van der Waals surface area contributed by atoms with E-state index in [1.807, 2.05) is 6.92 Å². The highest BCUT2D eigenvalue weighted by atomic mass is 16.6. The number of benzene rings is 1. The summed E-state index contributed by atoms with van der Waals surface area (Å²) >= 11 is 0. The van der Waals surface area contributed by atoms with E-state index in [9.17, 15) is 10.1 Å². The molecule has 2 rings (SSSR count). The molecule has 0 amide bonds. The number of nitro groups is 1. The van der Waals surface area contributed by atoms with E-state index >= 15 is 0 Å². The van der Waals surface area contributed by atoms with Crippen LogP contribution < -0.4 is 10.1 Å². The molecule has 1 N–H and O–H groups in total. The molecule has 104 valence electrons. The molecule has 0 saturated heterocycles. The van der Waals surface area contributed by atoms with Gasteiger partial charge in [-0.1, -0.05) is 12.1 Å². The first-order chi connectivity index (χ1) is 9.61. The lowest BCUT2D eigenvalue weighted by atomic mass is 10.2. The minimum atomic E-state index is -0.420. The van der Waals surface area contributed by atoms with Gasteiger partial charge < -0.3 is 10.1 Å². The number of methoxy groups -OCH3 is 1. The average molecular weight is 274 g/mol. The van der Waals surface area contributed by atoms with Gasteiger partial charge in [-0.25, -0.2) is 9.97 Å². The van der Waals surface area contributed by atoms with Crippen LogP contribution in [0.25, 0.3) is 0 Å². The lowest BCUT2D eigenvalue weighted by molar-refractivity contribution is -0.384. The Kier molecular flexibility index (Phi) is 4.09. The van der Waals surface area contributed by atoms with Crippen LogP contribution in [0.15, 0.2) is 30.6 Å². The number of nitrogens with one attached hydrogen (secondary N) is 1. The van der Waals surface area contributed by atoms with E-state index in [0.717, 1.165) is 11.1 Å². The van der Waals surface area contributed by atoms with Crippen molar-refractivity contribution in [3.63, 3.8) is 0 Å². The van der Waals surface area contributed by atoms with Gasteiger partial charge in [0, 0.05) is 18.7 Å². The fourth-order valence-corrected chi connectivity index (χ4v) is 1.74. The van der Waals surface area contributed by atoms with Crippen LogP contribution in [-0.2, 0) is 6.54 Å². The van der Waals surface area contributed by atoms with Gasteiger partial charge in [0.15, 0.2) is 0 Å². The second kappa shape index (κ2) is 5.96. The average Bonchev–Trinajstić information content (AvgIpc) is 2.46. The van der Waals surface area contributed by atoms with Gasteiger partial charge in [0.2, 0.25) is 5.88 Å². The van der Waals surface area contributed by atoms with Crippen molar-refractivity contribution in [1.82, 2.24) is 9.97 Å². The van der Waals surface area contributed by atoms with Crippen LogP contribution in [0.3, 0.4) is 0 Å². The zero-order valence-corrected chi connectivity index (χ0v) is 11.2. The summed E-state index contributed by atoms with van der Waals surface area (Å²) in [5.41, 5.74) is 1.82. The van der Waals surface area contributed by atoms with Crippen molar-refractivity contribution < 1.29 is 9.66 Å². The fraction of sp³-hybridized carbons (Fsp3) is 0.231. The van der Waals surface area contributed by atoms with Crippen molar-refractivity contribution >= 4 is 11.5 Å². The molecule has 20 heavy (non-hydrogen) atoms. The summed E-state index contributed by atoms with van der Waals surface area (Å²) < 4.78 is 5.11. The first-order valence-corrected chi connectivity index (χ1v) is 5.94. The maximum Gasteiger partial charge on any atom is 0.269 e. The minimum Gasteiger partial charge on any atom is -0.481 e. The normalized spacial score (nSPS) is 10.1. The molecule has 0 spiro atoms. The molecule has 0 aliphatic heterocycles. The molecule has 7 heteroatoms. The summed E-state index contributed by atoms with van der Waals surface area (Å²) in [5, 5.41) is 13.7. The van der Waals surface area contributed by atoms with Crippen molar-refractivity contribution in [2.24, 2.45) is 0 Å². The molecule has 1 aromatic carbocycles. The zero-order valence-electron chi connectivity index (χ0n) is 11.2. The fourth-order valence-electron chi connectivity index (χ4n) is 1.74. The Labute approximate surface area is 115 Å². The lowest BCUT2D eigenvalue weighted by Gasteiger charge is -2.10. The Morgan fingerprint density at radius 2 is 2.00 bits per heavy atom. The van der Waals surface area contributed by atoms with Crippen molar-refractivity contribution in [2.45, 2.75) is 13.5 Å². The monoisotopic (exact) mass is 274 g/mol. The molecule has 0 bridgehead atoms. The van der Waals surface area contributed by atoms with E-state index in [0.29, 0.717) is 18.2 Å². The van der Waals surface area contributed by atoms with Crippen LogP contribution in [-0.4, -0.2) is 22.0 Å². The van der Waals surface area contributed by atoms with E-state index in [1.165, 1.54) is 18.5 Å². The van der Waals surface area contributed by atoms with Gasteiger partial charge in [0.1, 0.15) is 12.1 Å². The zero-order chi connectivity index (χ0) is 14.5. The third-order valence-corrected chi connectivity index (χ3v) is 2.84. The van der Waals surface area contributed by atoms with Gasteiger partial charge in [0.25, 0.3) is 5.69 Å². The summed E-state index contributed by atoms with van der Waals surface area (Å²) in [5.74, 6) is 1.20. The summed E-state index contributed by atoms with van der Waals surface area (Å²) in [7, 11) is 1.55. The summed E-state index contributed by atoms with van der Waals surface area (Å²) in [4.78, 5) is 18.3. The third kappa shape index (κ3) is 3.00. The van der Waals surface area contributed by atoms with E-state index in [4.69, 9.17) is 4.74 Å². The van der Waals surface area contributed by atoms with E-state index in [2.05, 4.69) is 15.3 Å². The number of ether oxygens (including phenoxy) is 1. The summed E-state index contributed by atoms with van der Waals surface area (Å²) in [6.07, 6.45) is 1.42. The molecule has 0 aliphatic rings. The number of nitrogens with zero attached hydrogens (tertiary/aromatic N) is 3. The summed E-state index contributed by atoms with van der Waals surface area (Å²) in [6, 6.07) is 6.37. The van der Waals surface area contributed by atoms with Crippen molar-refractivity contribution in [3.05, 3.63) is 51.8 Å². The van der Waals surface area contributed by atoms with Gasteiger partial charge in [-0.3, -0.25) is 10.1 Å². The number of non-ortho nitro benzene ring substituents is 1. The van der Waals surface area contributed by atoms with Gasteiger partial charge in [0.05, 0.1) is 17.6 Å². The standard InChI is InChI=1S/C13H14N4O3/c1-9-12(15-8-16-13(9)20-2)14-7-10-3-5-11(6-4-10)17(18)19/h3-6,8H,7H2,1-2H3,(H,14,15,16). The van der Waals surface area contributed by atoms with Gasteiger partial charge in [-0.15, -0.1) is 0 Å². The molecule has 0 unspecified atom stereocenters. The highest BCUT2D eigenvalue weighted by Gasteiger charge is 2.07. The van der Waals surface area contributed by atoms with Gasteiger partial charge in [-0.05, 0) is 12.5 Å². The molecule has 1 heterocycles. The Morgan fingerprint density at radius 3 is 2.60 bits per heavy atom. The Hall–Kier alpha value is -2.70. The third-order valence-electron chi connectivity index (χ3n) is 2.84. The van der Waals surface area contributed by atoms with Gasteiger partial charge >= 0.3 is 0 Å². The summed E-state index contributed by atoms with van der Waals surface area (Å²) in [6.45, 7) is 2.37. The van der Waals surface area contributed by atoms with Gasteiger partial charge in [-0.2, -0.15) is 0 Å². The number of aromatic nitrogens is 2. The molecular formula is C13H14N4O3.